The van der Waals surface area contributed by atoms with Crippen molar-refractivity contribution in [1.82, 2.24) is 9.80 Å². The Morgan fingerprint density at radius 1 is 1.23 bits per heavy atom. The van der Waals surface area contributed by atoms with Gasteiger partial charge in [0.05, 0.1) is 12.6 Å². The number of carbonyl (C=O) groups excluding carboxylic acids is 1. The van der Waals surface area contributed by atoms with Crippen LogP contribution >= 0.6 is 0 Å². The molecule has 122 valence electrons. The molecular formula is C16H24N2O4. The van der Waals surface area contributed by atoms with E-state index in [9.17, 15) is 9.90 Å². The van der Waals surface area contributed by atoms with Crippen molar-refractivity contribution < 1.29 is 19.4 Å². The second-order valence-corrected chi connectivity index (χ2v) is 6.33. The third-order valence-corrected chi connectivity index (χ3v) is 4.60. The van der Waals surface area contributed by atoms with Gasteiger partial charge in [0.1, 0.15) is 18.1 Å². The highest BCUT2D eigenvalue weighted by molar-refractivity contribution is 5.79. The zero-order chi connectivity index (χ0) is 15.5. The van der Waals surface area contributed by atoms with Gasteiger partial charge in [0.15, 0.2) is 0 Å². The summed E-state index contributed by atoms with van der Waals surface area (Å²) in [5.41, 5.74) is 0. The van der Waals surface area contributed by atoms with Gasteiger partial charge in [0.25, 0.3) is 0 Å². The molecule has 1 amide bonds. The monoisotopic (exact) mass is 308 g/mol. The number of aliphatic hydroxyl groups is 2. The van der Waals surface area contributed by atoms with Gasteiger partial charge in [0, 0.05) is 32.1 Å². The molecule has 1 aliphatic carbocycles. The SMILES string of the molecule is O=C(C1CCC1)N1CCN(Cc2ccc(CO)o2)C[C@@H](O)C1. The van der Waals surface area contributed by atoms with Crippen molar-refractivity contribution >= 4 is 5.91 Å². The summed E-state index contributed by atoms with van der Waals surface area (Å²) in [7, 11) is 0. The maximum Gasteiger partial charge on any atom is 0.225 e. The van der Waals surface area contributed by atoms with Crippen LogP contribution in [0.25, 0.3) is 0 Å². The lowest BCUT2D eigenvalue weighted by Crippen LogP contribution is -2.43. The molecule has 3 rings (SSSR count). The zero-order valence-corrected chi connectivity index (χ0v) is 12.8. The highest BCUT2D eigenvalue weighted by Gasteiger charge is 2.32. The Bertz CT molecular complexity index is 512. The van der Waals surface area contributed by atoms with Crippen LogP contribution in [0.1, 0.15) is 30.8 Å². The highest BCUT2D eigenvalue weighted by Crippen LogP contribution is 2.28. The fourth-order valence-electron chi connectivity index (χ4n) is 3.12. The number of carbonyl (C=O) groups is 1. The van der Waals surface area contributed by atoms with Crippen LogP contribution in [0.15, 0.2) is 16.5 Å². The number of furan rings is 1. The number of hydrogen-bond donors (Lipinski definition) is 2. The van der Waals surface area contributed by atoms with Crippen molar-refractivity contribution in [3.63, 3.8) is 0 Å². The minimum absolute atomic E-state index is 0.105. The van der Waals surface area contributed by atoms with Crippen LogP contribution in [0, 0.1) is 5.92 Å². The van der Waals surface area contributed by atoms with Crippen molar-refractivity contribution in [3.05, 3.63) is 23.7 Å². The number of amides is 1. The van der Waals surface area contributed by atoms with E-state index in [1.54, 1.807) is 6.07 Å². The quantitative estimate of drug-likeness (QED) is 0.851. The molecule has 6 heteroatoms. The van der Waals surface area contributed by atoms with Gasteiger partial charge >= 0.3 is 0 Å². The van der Waals surface area contributed by atoms with E-state index in [0.717, 1.165) is 31.6 Å². The normalized spacial score (nSPS) is 24.1. The Kier molecular flexibility index (Phi) is 4.81. The summed E-state index contributed by atoms with van der Waals surface area (Å²) in [6.07, 6.45) is 2.60. The molecule has 1 saturated heterocycles. The third-order valence-electron chi connectivity index (χ3n) is 4.60. The largest absolute Gasteiger partial charge is 0.462 e. The zero-order valence-electron chi connectivity index (χ0n) is 12.8. The predicted molar refractivity (Wildman–Crippen MR) is 79.8 cm³/mol. The van der Waals surface area contributed by atoms with Crippen LogP contribution in [-0.2, 0) is 17.9 Å². The van der Waals surface area contributed by atoms with E-state index in [0.29, 0.717) is 31.9 Å². The van der Waals surface area contributed by atoms with E-state index in [4.69, 9.17) is 9.52 Å². The van der Waals surface area contributed by atoms with Crippen LogP contribution < -0.4 is 0 Å². The van der Waals surface area contributed by atoms with E-state index in [1.165, 1.54) is 0 Å². The lowest BCUT2D eigenvalue weighted by Gasteiger charge is -2.31. The van der Waals surface area contributed by atoms with Gasteiger partial charge in [-0.3, -0.25) is 9.69 Å². The molecule has 1 saturated carbocycles. The predicted octanol–water partition coefficient (Wildman–Crippen LogP) is 0.577. The molecule has 1 atom stereocenters. The number of aliphatic hydroxyl groups excluding tert-OH is 2. The maximum absolute atomic E-state index is 12.3. The standard InChI is InChI=1S/C16H24N2O4/c19-11-15-5-4-14(22-15)10-17-6-7-18(9-13(20)8-17)16(21)12-2-1-3-12/h4-5,12-13,19-20H,1-3,6-11H2/t13-/m1/s1. The van der Waals surface area contributed by atoms with Crippen LogP contribution in [-0.4, -0.2) is 58.2 Å². The molecule has 0 radical (unpaired) electrons. The minimum Gasteiger partial charge on any atom is -0.462 e. The van der Waals surface area contributed by atoms with E-state index in [2.05, 4.69) is 4.90 Å². The van der Waals surface area contributed by atoms with Crippen LogP contribution in [0.5, 0.6) is 0 Å². The number of β-amino-alcohol motifs (C(OH)–C–C–N with tert-alkyl or cyclic N) is 1. The van der Waals surface area contributed by atoms with Crippen molar-refractivity contribution in [1.29, 1.82) is 0 Å². The molecule has 2 aliphatic rings. The fraction of sp³-hybridized carbons (Fsp3) is 0.688. The highest BCUT2D eigenvalue weighted by atomic mass is 16.4. The summed E-state index contributed by atoms with van der Waals surface area (Å²) in [6, 6.07) is 3.61. The van der Waals surface area contributed by atoms with Crippen molar-refractivity contribution in [2.24, 2.45) is 5.92 Å². The molecule has 1 aromatic heterocycles. The van der Waals surface area contributed by atoms with Crippen LogP contribution in [0.4, 0.5) is 0 Å². The van der Waals surface area contributed by atoms with Crippen molar-refractivity contribution in [2.75, 3.05) is 26.2 Å². The topological polar surface area (TPSA) is 77.2 Å². The van der Waals surface area contributed by atoms with E-state index >= 15 is 0 Å². The van der Waals surface area contributed by atoms with Gasteiger partial charge in [-0.15, -0.1) is 0 Å². The molecule has 22 heavy (non-hydrogen) atoms. The molecule has 6 nitrogen and oxygen atoms in total. The third kappa shape index (κ3) is 3.51. The number of hydrogen-bond acceptors (Lipinski definition) is 5. The van der Waals surface area contributed by atoms with Gasteiger partial charge < -0.3 is 19.5 Å². The summed E-state index contributed by atoms with van der Waals surface area (Å²) in [5, 5.41) is 19.2. The molecule has 0 unspecified atom stereocenters. The molecule has 0 bridgehead atoms. The lowest BCUT2D eigenvalue weighted by atomic mass is 9.84. The molecule has 2 N–H and O–H groups in total. The molecular weight excluding hydrogens is 284 g/mol. The molecule has 2 heterocycles. The first-order valence-corrected chi connectivity index (χ1v) is 8.03. The first kappa shape index (κ1) is 15.5. The Labute approximate surface area is 130 Å². The first-order valence-electron chi connectivity index (χ1n) is 8.03. The van der Waals surface area contributed by atoms with Gasteiger partial charge in [-0.05, 0) is 25.0 Å². The summed E-state index contributed by atoms with van der Waals surface area (Å²) in [6.45, 7) is 2.81. The molecule has 1 aliphatic heterocycles. The molecule has 0 aromatic carbocycles. The second-order valence-electron chi connectivity index (χ2n) is 6.33. The molecule has 0 spiro atoms. The first-order chi connectivity index (χ1) is 10.7. The maximum atomic E-state index is 12.3. The summed E-state index contributed by atoms with van der Waals surface area (Å²) in [5.74, 6) is 1.70. The Balaban J connectivity index is 1.57. The van der Waals surface area contributed by atoms with E-state index in [1.807, 2.05) is 11.0 Å². The Morgan fingerprint density at radius 3 is 2.64 bits per heavy atom. The smallest absolute Gasteiger partial charge is 0.225 e. The van der Waals surface area contributed by atoms with Gasteiger partial charge in [-0.1, -0.05) is 6.42 Å². The molecule has 1 aromatic rings. The van der Waals surface area contributed by atoms with Gasteiger partial charge in [-0.25, -0.2) is 0 Å². The average Bonchev–Trinajstić information content (AvgIpc) is 2.80. The van der Waals surface area contributed by atoms with Crippen LogP contribution in [0.2, 0.25) is 0 Å². The van der Waals surface area contributed by atoms with Gasteiger partial charge in [-0.2, -0.15) is 0 Å². The second kappa shape index (κ2) is 6.81. The molecule has 2 fully saturated rings. The fourth-order valence-corrected chi connectivity index (χ4v) is 3.12. The number of rotatable bonds is 4. The number of nitrogens with zero attached hydrogens (tertiary/aromatic N) is 2. The van der Waals surface area contributed by atoms with Crippen LogP contribution in [0.3, 0.4) is 0 Å². The lowest BCUT2D eigenvalue weighted by molar-refractivity contribution is -0.139. The van der Waals surface area contributed by atoms with Gasteiger partial charge in [0.2, 0.25) is 5.91 Å². The Hall–Kier alpha value is -1.37. The van der Waals surface area contributed by atoms with E-state index in [-0.39, 0.29) is 18.4 Å². The van der Waals surface area contributed by atoms with E-state index < -0.39 is 6.10 Å². The summed E-state index contributed by atoms with van der Waals surface area (Å²) < 4.78 is 5.50. The van der Waals surface area contributed by atoms with Crippen molar-refractivity contribution in [2.45, 2.75) is 38.5 Å². The summed E-state index contributed by atoms with van der Waals surface area (Å²) in [4.78, 5) is 16.2. The summed E-state index contributed by atoms with van der Waals surface area (Å²) >= 11 is 0. The van der Waals surface area contributed by atoms with Crippen molar-refractivity contribution in [3.8, 4) is 0 Å². The average molecular weight is 308 g/mol. The minimum atomic E-state index is -0.529. The Morgan fingerprint density at radius 2 is 2.00 bits per heavy atom.